The first kappa shape index (κ1) is 44.6. The molecular formula is C38H41CuN2O12+5. The van der Waals surface area contributed by atoms with Crippen LogP contribution >= 0.6 is 0 Å². The van der Waals surface area contributed by atoms with Gasteiger partial charge >= 0.3 is 40.9 Å². The fourth-order valence-corrected chi connectivity index (χ4v) is 4.56. The van der Waals surface area contributed by atoms with Crippen LogP contribution in [-0.4, -0.2) is 88.2 Å². The van der Waals surface area contributed by atoms with Gasteiger partial charge < -0.3 is 40.9 Å². The number of pyridine rings is 1. The van der Waals surface area contributed by atoms with Crippen LogP contribution < -0.4 is 0 Å². The quantitative estimate of drug-likeness (QED) is 0.127. The van der Waals surface area contributed by atoms with Crippen LogP contribution in [0.3, 0.4) is 0 Å². The van der Waals surface area contributed by atoms with E-state index in [4.69, 9.17) is 40.9 Å². The van der Waals surface area contributed by atoms with Gasteiger partial charge in [-0.05, 0) is 86.6 Å². The number of benzene rings is 4. The van der Waals surface area contributed by atoms with Crippen molar-refractivity contribution in [2.75, 3.05) is 13.6 Å². The van der Waals surface area contributed by atoms with E-state index in [9.17, 15) is 19.2 Å². The Kier molecular flexibility index (Phi) is 19.5. The van der Waals surface area contributed by atoms with Crippen molar-refractivity contribution < 1.29 is 77.1 Å². The van der Waals surface area contributed by atoms with E-state index >= 15 is 0 Å². The molecule has 0 bridgehead atoms. The van der Waals surface area contributed by atoms with E-state index in [1.165, 1.54) is 73.5 Å². The summed E-state index contributed by atoms with van der Waals surface area (Å²) < 4.78 is 0. The minimum Gasteiger partial charge on any atom is -0.561 e. The van der Waals surface area contributed by atoms with E-state index < -0.39 is 23.9 Å². The third-order valence-corrected chi connectivity index (χ3v) is 7.17. The molecule has 14 nitrogen and oxygen atoms in total. The molecule has 1 aliphatic rings. The maximum absolute atomic E-state index is 10.4. The SMILES string of the molecule is CN1CCCC1c1cccnc1.O=C(O)c1ccccc1O.O=C([OH2+])c1ccccc1O.O=C([OH2+])c1ccccc1O.O=C([OH2+])c1ccccc1O.[Cu+2]. The van der Waals surface area contributed by atoms with Crippen molar-refractivity contribution in [3.8, 4) is 23.0 Å². The summed E-state index contributed by atoms with van der Waals surface area (Å²) in [5.41, 5.74) is 1.42. The van der Waals surface area contributed by atoms with Crippen molar-refractivity contribution in [2.24, 2.45) is 0 Å². The summed E-state index contributed by atoms with van der Waals surface area (Å²) in [6, 6.07) is 28.5. The Labute approximate surface area is 315 Å². The van der Waals surface area contributed by atoms with Gasteiger partial charge in [0.2, 0.25) is 0 Å². The Morgan fingerprint density at radius 3 is 1.19 bits per heavy atom. The molecule has 1 fully saturated rings. The maximum atomic E-state index is 10.4. The second-order valence-corrected chi connectivity index (χ2v) is 10.8. The van der Waals surface area contributed by atoms with E-state index in [0.29, 0.717) is 6.04 Å². The monoisotopic (exact) mass is 780 g/mol. The van der Waals surface area contributed by atoms with Crippen LogP contribution in [0.5, 0.6) is 23.0 Å². The third-order valence-electron chi connectivity index (χ3n) is 7.17. The maximum Gasteiger partial charge on any atom is 2.00 e. The fraction of sp³-hybridized carbons (Fsp3) is 0.132. The number of aromatic nitrogens is 1. The average Bonchev–Trinajstić information content (AvgIpc) is 3.56. The van der Waals surface area contributed by atoms with Gasteiger partial charge in [0.05, 0.1) is 0 Å². The number of aromatic hydroxyl groups is 4. The first-order valence-electron chi connectivity index (χ1n) is 15.5. The number of hydrogen-bond donors (Lipinski definition) is 5. The number of likely N-dealkylation sites (tertiary alicyclic amines) is 1. The molecule has 15 heteroatoms. The van der Waals surface area contributed by atoms with Crippen molar-refractivity contribution in [1.29, 1.82) is 0 Å². The molecule has 2 heterocycles. The van der Waals surface area contributed by atoms with E-state index in [2.05, 4.69) is 23.0 Å². The van der Waals surface area contributed by atoms with Crippen molar-refractivity contribution in [3.63, 3.8) is 0 Å². The molecule has 0 aliphatic carbocycles. The zero-order valence-corrected chi connectivity index (χ0v) is 29.3. The summed E-state index contributed by atoms with van der Waals surface area (Å²) in [6.45, 7) is 1.22. The summed E-state index contributed by atoms with van der Waals surface area (Å²) in [5, 5.41) is 64.1. The Morgan fingerprint density at radius 2 is 0.962 bits per heavy atom. The Morgan fingerprint density at radius 1 is 0.604 bits per heavy atom. The second kappa shape index (κ2) is 23.1. The molecule has 1 aromatic heterocycles. The molecule has 1 atom stereocenters. The molecule has 0 saturated carbocycles. The molecule has 4 aromatic carbocycles. The molecule has 5 aromatic rings. The van der Waals surface area contributed by atoms with Gasteiger partial charge in [-0.3, -0.25) is 9.88 Å². The molecule has 0 amide bonds. The van der Waals surface area contributed by atoms with Crippen LogP contribution in [-0.2, 0) is 17.1 Å². The Hall–Kier alpha value is -6.41. The van der Waals surface area contributed by atoms with Gasteiger partial charge in [0.25, 0.3) is 0 Å². The second-order valence-electron chi connectivity index (χ2n) is 10.8. The molecule has 1 radical (unpaired) electrons. The minimum atomic E-state index is -1.11. The minimum absolute atomic E-state index is 0. The van der Waals surface area contributed by atoms with Crippen LogP contribution in [0, 0.1) is 0 Å². The van der Waals surface area contributed by atoms with Gasteiger partial charge in [-0.25, -0.2) is 4.79 Å². The van der Waals surface area contributed by atoms with Crippen LogP contribution in [0.1, 0.15) is 65.9 Å². The number of nitrogens with zero attached hydrogens (tertiary/aromatic N) is 2. The number of phenolic OH excluding ortho intramolecular Hbond substituents is 3. The van der Waals surface area contributed by atoms with Crippen LogP contribution in [0.25, 0.3) is 0 Å². The molecule has 1 aliphatic heterocycles. The van der Waals surface area contributed by atoms with Crippen molar-refractivity contribution in [3.05, 3.63) is 149 Å². The van der Waals surface area contributed by atoms with Crippen LogP contribution in [0.4, 0.5) is 0 Å². The van der Waals surface area contributed by atoms with E-state index in [-0.39, 0.29) is 62.3 Å². The van der Waals surface area contributed by atoms with Gasteiger partial charge in [-0.15, -0.1) is 0 Å². The first-order chi connectivity index (χ1) is 24.7. The van der Waals surface area contributed by atoms with Crippen molar-refractivity contribution in [2.45, 2.75) is 18.9 Å². The van der Waals surface area contributed by atoms with E-state index in [0.717, 1.165) is 0 Å². The van der Waals surface area contributed by atoms with Crippen molar-refractivity contribution in [1.82, 2.24) is 9.88 Å². The molecule has 53 heavy (non-hydrogen) atoms. The Bertz CT molecular complexity index is 1700. The number of rotatable bonds is 5. The average molecular weight is 781 g/mol. The molecule has 6 rings (SSSR count). The number of carboxylic acid groups (broad SMARTS) is 1. The van der Waals surface area contributed by atoms with Gasteiger partial charge in [0, 0.05) is 32.8 Å². The first-order valence-corrected chi connectivity index (χ1v) is 15.5. The fourth-order valence-electron chi connectivity index (χ4n) is 4.56. The van der Waals surface area contributed by atoms with Gasteiger partial charge in [0.1, 0.15) is 28.6 Å². The predicted octanol–water partition coefficient (Wildman–Crippen LogP) is 3.71. The van der Waals surface area contributed by atoms with Gasteiger partial charge in [-0.2, -0.15) is 0 Å². The number of hydrogen-bond acceptors (Lipinski definition) is 10. The zero-order valence-electron chi connectivity index (χ0n) is 28.3. The summed E-state index contributed by atoms with van der Waals surface area (Å²) in [6.07, 6.45) is 6.41. The number of aromatic carboxylic acids is 1. The number of para-hydroxylation sites is 4. The summed E-state index contributed by atoms with van der Waals surface area (Å²) in [4.78, 5) is 47.9. The van der Waals surface area contributed by atoms with Crippen LogP contribution in [0.2, 0.25) is 0 Å². The topological polar surface area (TPSA) is 254 Å². The van der Waals surface area contributed by atoms with E-state index in [1.54, 1.807) is 48.5 Å². The summed E-state index contributed by atoms with van der Waals surface area (Å²) >= 11 is 0. The molecule has 1 unspecified atom stereocenters. The summed E-state index contributed by atoms with van der Waals surface area (Å²) in [5.74, 6) is -4.31. The standard InChI is InChI=1S/C10H14N2.4C7H6O3.Cu/c1-12-7-3-5-10(12)9-4-2-6-11-8-9;4*8-6-4-2-1-3-5(6)7(9)10;/h2,4,6,8,10H,3,5,7H2,1H3;4*1-4,8H,(H,9,10);/q;;;;;+2/p+3. The largest absolute Gasteiger partial charge is 2.00 e. The van der Waals surface area contributed by atoms with Crippen molar-refractivity contribution >= 4 is 23.9 Å². The molecule has 1 saturated heterocycles. The smallest absolute Gasteiger partial charge is 0.561 e. The molecule has 0 spiro atoms. The number of carboxylic acids is 1. The summed E-state index contributed by atoms with van der Waals surface area (Å²) in [7, 11) is 2.19. The normalized spacial score (nSPS) is 12.5. The molecular weight excluding hydrogens is 740 g/mol. The van der Waals surface area contributed by atoms with Crippen LogP contribution in [0.15, 0.2) is 122 Å². The number of carbonyl (C=O) groups excluding carboxylic acids is 3. The zero-order chi connectivity index (χ0) is 38.6. The third kappa shape index (κ3) is 15.2. The molecule has 11 N–H and O–H groups in total. The number of phenols is 4. The molecule has 281 valence electrons. The number of carbonyl (C=O) groups is 4. The van der Waals surface area contributed by atoms with Gasteiger partial charge in [0.15, 0.2) is 16.7 Å². The van der Waals surface area contributed by atoms with E-state index in [1.807, 2.05) is 18.5 Å². The predicted molar refractivity (Wildman–Crippen MR) is 192 cm³/mol. The van der Waals surface area contributed by atoms with Gasteiger partial charge in [-0.1, -0.05) is 54.6 Å². The Balaban J connectivity index is 0.000000331.